The van der Waals surface area contributed by atoms with Crippen molar-refractivity contribution < 1.29 is 19.1 Å². The summed E-state index contributed by atoms with van der Waals surface area (Å²) >= 11 is 5.93. The van der Waals surface area contributed by atoms with Crippen molar-refractivity contribution in [1.29, 1.82) is 0 Å². The minimum absolute atomic E-state index is 0.183. The zero-order valence-electron chi connectivity index (χ0n) is 13.4. The summed E-state index contributed by atoms with van der Waals surface area (Å²) in [4.78, 5) is 23.8. The van der Waals surface area contributed by atoms with Crippen molar-refractivity contribution in [2.45, 2.75) is 39.2 Å². The van der Waals surface area contributed by atoms with E-state index in [1.54, 1.807) is 25.1 Å². The van der Waals surface area contributed by atoms with Gasteiger partial charge in [-0.3, -0.25) is 4.79 Å². The summed E-state index contributed by atoms with van der Waals surface area (Å²) in [7, 11) is 1.30. The number of hydrogen-bond donors (Lipinski definition) is 1. The molecular formula is C16H22ClNO4. The summed E-state index contributed by atoms with van der Waals surface area (Å²) < 4.78 is 10.2. The Balaban J connectivity index is 2.64. The van der Waals surface area contributed by atoms with E-state index in [4.69, 9.17) is 21.1 Å². The van der Waals surface area contributed by atoms with Crippen LogP contribution in [-0.4, -0.2) is 31.1 Å². The van der Waals surface area contributed by atoms with Gasteiger partial charge in [0, 0.05) is 5.02 Å². The lowest BCUT2D eigenvalue weighted by atomic mass is 9.96. The van der Waals surface area contributed by atoms with E-state index in [2.05, 4.69) is 5.32 Å². The van der Waals surface area contributed by atoms with E-state index in [0.29, 0.717) is 17.2 Å². The molecule has 1 unspecified atom stereocenters. The van der Waals surface area contributed by atoms with Crippen LogP contribution in [0.25, 0.3) is 0 Å². The molecule has 0 aromatic heterocycles. The number of hydrogen-bond acceptors (Lipinski definition) is 4. The number of methoxy groups -OCH3 is 1. The number of halogens is 1. The SMILES string of the molecule is CCCC(C)(NC(=O)COc1ccc(Cl)c(C)c1)C(=O)OC. The molecule has 1 amide bonds. The Morgan fingerprint density at radius 3 is 2.59 bits per heavy atom. The number of ether oxygens (including phenoxy) is 2. The van der Waals surface area contributed by atoms with E-state index in [1.807, 2.05) is 13.8 Å². The highest BCUT2D eigenvalue weighted by Crippen LogP contribution is 2.21. The molecule has 0 radical (unpaired) electrons. The second kappa shape index (κ2) is 8.03. The second-order valence-corrected chi connectivity index (χ2v) is 5.73. The molecule has 0 saturated heterocycles. The zero-order valence-corrected chi connectivity index (χ0v) is 14.1. The van der Waals surface area contributed by atoms with Gasteiger partial charge in [0.1, 0.15) is 11.3 Å². The van der Waals surface area contributed by atoms with Gasteiger partial charge < -0.3 is 14.8 Å². The number of carbonyl (C=O) groups is 2. The smallest absolute Gasteiger partial charge is 0.331 e. The fraction of sp³-hybridized carbons (Fsp3) is 0.500. The van der Waals surface area contributed by atoms with E-state index >= 15 is 0 Å². The van der Waals surface area contributed by atoms with Crippen molar-refractivity contribution in [3.05, 3.63) is 28.8 Å². The average Bonchev–Trinajstić information content (AvgIpc) is 2.47. The van der Waals surface area contributed by atoms with Crippen LogP contribution in [-0.2, 0) is 14.3 Å². The first-order valence-corrected chi connectivity index (χ1v) is 7.48. The number of nitrogens with one attached hydrogen (secondary N) is 1. The molecule has 0 saturated carbocycles. The van der Waals surface area contributed by atoms with E-state index in [0.717, 1.165) is 12.0 Å². The molecule has 0 spiro atoms. The van der Waals surface area contributed by atoms with Gasteiger partial charge in [0.15, 0.2) is 6.61 Å². The number of esters is 1. The largest absolute Gasteiger partial charge is 0.484 e. The number of benzene rings is 1. The predicted octanol–water partition coefficient (Wildman–Crippen LogP) is 2.88. The first-order valence-electron chi connectivity index (χ1n) is 7.10. The number of amides is 1. The summed E-state index contributed by atoms with van der Waals surface area (Å²) in [5.74, 6) is -0.300. The summed E-state index contributed by atoms with van der Waals surface area (Å²) in [5.41, 5.74) is -0.176. The molecule has 0 aliphatic carbocycles. The van der Waals surface area contributed by atoms with Crippen LogP contribution >= 0.6 is 11.6 Å². The van der Waals surface area contributed by atoms with Gasteiger partial charge in [-0.1, -0.05) is 24.9 Å². The summed E-state index contributed by atoms with van der Waals surface area (Å²) in [6.07, 6.45) is 1.23. The Bertz CT molecular complexity index is 547. The zero-order chi connectivity index (χ0) is 16.8. The molecule has 0 aliphatic rings. The molecule has 0 aliphatic heterocycles. The minimum Gasteiger partial charge on any atom is -0.484 e. The predicted molar refractivity (Wildman–Crippen MR) is 85.2 cm³/mol. The highest BCUT2D eigenvalue weighted by atomic mass is 35.5. The lowest BCUT2D eigenvalue weighted by molar-refractivity contribution is -0.150. The Kier molecular flexibility index (Phi) is 6.68. The van der Waals surface area contributed by atoms with E-state index in [9.17, 15) is 9.59 Å². The maximum absolute atomic E-state index is 12.0. The van der Waals surface area contributed by atoms with Crippen LogP contribution in [0, 0.1) is 6.92 Å². The molecule has 0 fully saturated rings. The molecular weight excluding hydrogens is 306 g/mol. The van der Waals surface area contributed by atoms with Gasteiger partial charge in [0.05, 0.1) is 7.11 Å². The van der Waals surface area contributed by atoms with Crippen LogP contribution in [0.5, 0.6) is 5.75 Å². The van der Waals surface area contributed by atoms with Gasteiger partial charge in [0.2, 0.25) is 0 Å². The molecule has 0 bridgehead atoms. The van der Waals surface area contributed by atoms with Gasteiger partial charge >= 0.3 is 5.97 Å². The van der Waals surface area contributed by atoms with Crippen molar-refractivity contribution in [3.63, 3.8) is 0 Å². The van der Waals surface area contributed by atoms with Gasteiger partial charge in [-0.2, -0.15) is 0 Å². The Morgan fingerprint density at radius 1 is 1.36 bits per heavy atom. The molecule has 22 heavy (non-hydrogen) atoms. The number of carbonyl (C=O) groups excluding carboxylic acids is 2. The summed E-state index contributed by atoms with van der Waals surface area (Å²) in [5, 5.41) is 3.31. The molecule has 5 nitrogen and oxygen atoms in total. The quantitative estimate of drug-likeness (QED) is 0.782. The van der Waals surface area contributed by atoms with Crippen LogP contribution < -0.4 is 10.1 Å². The van der Waals surface area contributed by atoms with Crippen LogP contribution in [0.3, 0.4) is 0 Å². The Hall–Kier alpha value is -1.75. The third-order valence-electron chi connectivity index (χ3n) is 3.30. The first kappa shape index (κ1) is 18.3. The second-order valence-electron chi connectivity index (χ2n) is 5.32. The normalized spacial score (nSPS) is 13.1. The third kappa shape index (κ3) is 4.91. The maximum atomic E-state index is 12.0. The summed E-state index contributed by atoms with van der Waals surface area (Å²) in [6.45, 7) is 5.25. The van der Waals surface area contributed by atoms with Crippen molar-refractivity contribution >= 4 is 23.5 Å². The molecule has 0 heterocycles. The van der Waals surface area contributed by atoms with Crippen molar-refractivity contribution in [1.82, 2.24) is 5.32 Å². The minimum atomic E-state index is -1.04. The molecule has 1 aromatic carbocycles. The standard InChI is InChI=1S/C16H22ClNO4/c1-5-8-16(3,15(20)21-4)18-14(19)10-22-12-6-7-13(17)11(2)9-12/h6-7,9H,5,8,10H2,1-4H3,(H,18,19). The first-order chi connectivity index (χ1) is 10.3. The fourth-order valence-electron chi connectivity index (χ4n) is 2.14. The Labute approximate surface area is 135 Å². The highest BCUT2D eigenvalue weighted by Gasteiger charge is 2.35. The molecule has 1 aromatic rings. The fourth-order valence-corrected chi connectivity index (χ4v) is 2.26. The molecule has 1 atom stereocenters. The van der Waals surface area contributed by atoms with Crippen LogP contribution in [0.4, 0.5) is 0 Å². The number of aryl methyl sites for hydroxylation is 1. The maximum Gasteiger partial charge on any atom is 0.331 e. The molecule has 6 heteroatoms. The van der Waals surface area contributed by atoms with Gasteiger partial charge in [-0.25, -0.2) is 4.79 Å². The lowest BCUT2D eigenvalue weighted by Crippen LogP contribution is -2.53. The lowest BCUT2D eigenvalue weighted by Gasteiger charge is -2.27. The van der Waals surface area contributed by atoms with Crippen LogP contribution in [0.1, 0.15) is 32.3 Å². The van der Waals surface area contributed by atoms with Crippen LogP contribution in [0.15, 0.2) is 18.2 Å². The van der Waals surface area contributed by atoms with Crippen LogP contribution in [0.2, 0.25) is 5.02 Å². The molecule has 1 N–H and O–H groups in total. The number of rotatable bonds is 7. The van der Waals surface area contributed by atoms with Crippen molar-refractivity contribution in [2.75, 3.05) is 13.7 Å². The topological polar surface area (TPSA) is 64.6 Å². The monoisotopic (exact) mass is 327 g/mol. The van der Waals surface area contributed by atoms with Gasteiger partial charge in [0.25, 0.3) is 5.91 Å². The van der Waals surface area contributed by atoms with Gasteiger partial charge in [-0.05, 0) is 44.0 Å². The van der Waals surface area contributed by atoms with E-state index in [1.165, 1.54) is 7.11 Å². The molecule has 122 valence electrons. The molecule has 1 rings (SSSR count). The van der Waals surface area contributed by atoms with Gasteiger partial charge in [-0.15, -0.1) is 0 Å². The summed E-state index contributed by atoms with van der Waals surface area (Å²) in [6, 6.07) is 5.15. The van der Waals surface area contributed by atoms with E-state index < -0.39 is 11.5 Å². The third-order valence-corrected chi connectivity index (χ3v) is 3.72. The van der Waals surface area contributed by atoms with Crippen molar-refractivity contribution in [2.24, 2.45) is 0 Å². The van der Waals surface area contributed by atoms with Crippen molar-refractivity contribution in [3.8, 4) is 5.75 Å². The average molecular weight is 328 g/mol. The Morgan fingerprint density at radius 2 is 2.05 bits per heavy atom. The van der Waals surface area contributed by atoms with E-state index in [-0.39, 0.29) is 12.5 Å². The highest BCUT2D eigenvalue weighted by molar-refractivity contribution is 6.31.